The van der Waals surface area contributed by atoms with E-state index in [-0.39, 0.29) is 5.91 Å². The lowest BCUT2D eigenvalue weighted by atomic mass is 9.80. The minimum absolute atomic E-state index is 0.0350. The van der Waals surface area contributed by atoms with E-state index in [9.17, 15) is 4.79 Å². The third-order valence-corrected chi connectivity index (χ3v) is 7.39. The van der Waals surface area contributed by atoms with Crippen LogP contribution in [0.25, 0.3) is 16.3 Å². The monoisotopic (exact) mass is 446 g/mol. The highest BCUT2D eigenvalue weighted by Crippen LogP contribution is 2.35. The van der Waals surface area contributed by atoms with Crippen LogP contribution in [0.5, 0.6) is 0 Å². The van der Waals surface area contributed by atoms with E-state index in [1.165, 1.54) is 17.0 Å². The first-order valence-corrected chi connectivity index (χ1v) is 11.9. The fraction of sp³-hybridized carbons (Fsp3) is 0.375. The van der Waals surface area contributed by atoms with E-state index in [1.54, 1.807) is 6.20 Å². The third kappa shape index (κ3) is 4.14. The maximum absolute atomic E-state index is 12.8. The van der Waals surface area contributed by atoms with Gasteiger partial charge in [0.25, 0.3) is 5.91 Å². The van der Waals surface area contributed by atoms with Gasteiger partial charge in [-0.2, -0.15) is 5.10 Å². The van der Waals surface area contributed by atoms with E-state index >= 15 is 0 Å². The number of pyridine rings is 1. The summed E-state index contributed by atoms with van der Waals surface area (Å²) in [5, 5.41) is 8.55. The van der Waals surface area contributed by atoms with Gasteiger partial charge in [0.15, 0.2) is 5.65 Å². The van der Waals surface area contributed by atoms with Crippen LogP contribution in [0.2, 0.25) is 0 Å². The van der Waals surface area contributed by atoms with Crippen LogP contribution in [0.4, 0.5) is 0 Å². The number of aryl methyl sites for hydroxylation is 2. The van der Waals surface area contributed by atoms with Crippen LogP contribution in [0.3, 0.4) is 0 Å². The standard InChI is InChI=1S/C24H26N6OS/c1-15-13-21-26-12-10-20(30(21)29-15)18-8-6-17(7-9-18)14-27-23(31)22-16(2)28-24(32-22)19-5-3-4-11-25-19/h3-5,10-13,17-18H,6-9,14H2,1-2H3,(H,27,31). The van der Waals surface area contributed by atoms with Gasteiger partial charge in [-0.1, -0.05) is 6.07 Å². The van der Waals surface area contributed by atoms with Gasteiger partial charge in [-0.15, -0.1) is 11.3 Å². The van der Waals surface area contributed by atoms with E-state index < -0.39 is 0 Å². The Morgan fingerprint density at radius 3 is 2.75 bits per heavy atom. The molecular formula is C24H26N6OS. The highest BCUT2D eigenvalue weighted by atomic mass is 32.1. The molecular weight excluding hydrogens is 420 g/mol. The van der Waals surface area contributed by atoms with Crippen molar-refractivity contribution in [3.63, 3.8) is 0 Å². The second-order valence-corrected chi connectivity index (χ2v) is 9.50. The summed E-state index contributed by atoms with van der Waals surface area (Å²) < 4.78 is 1.99. The predicted molar refractivity (Wildman–Crippen MR) is 125 cm³/mol. The lowest BCUT2D eigenvalue weighted by Gasteiger charge is -2.28. The molecule has 0 unspecified atom stereocenters. The summed E-state index contributed by atoms with van der Waals surface area (Å²) in [6.07, 6.45) is 8.01. The van der Waals surface area contributed by atoms with E-state index in [2.05, 4.69) is 31.4 Å². The van der Waals surface area contributed by atoms with Gasteiger partial charge in [0, 0.05) is 36.6 Å². The number of hydrogen-bond acceptors (Lipinski definition) is 6. The molecule has 32 heavy (non-hydrogen) atoms. The summed E-state index contributed by atoms with van der Waals surface area (Å²) in [4.78, 5) is 26.8. The SMILES string of the molecule is Cc1cc2nccc(C3CCC(CNC(=O)c4sc(-c5ccccn5)nc4C)CC3)n2n1. The van der Waals surface area contributed by atoms with Crippen LogP contribution in [-0.2, 0) is 0 Å². The smallest absolute Gasteiger partial charge is 0.263 e. The minimum atomic E-state index is -0.0350. The summed E-state index contributed by atoms with van der Waals surface area (Å²) in [6, 6.07) is 9.84. The normalized spacial score (nSPS) is 18.7. The number of nitrogens with one attached hydrogen (secondary N) is 1. The van der Waals surface area contributed by atoms with E-state index in [0.717, 1.165) is 53.4 Å². The van der Waals surface area contributed by atoms with Gasteiger partial charge in [-0.3, -0.25) is 9.78 Å². The average molecular weight is 447 g/mol. The number of fused-ring (bicyclic) bond motifs is 1. The molecule has 7 nitrogen and oxygen atoms in total. The molecule has 0 saturated heterocycles. The molecule has 164 valence electrons. The van der Waals surface area contributed by atoms with Crippen molar-refractivity contribution in [2.45, 2.75) is 45.4 Å². The minimum Gasteiger partial charge on any atom is -0.351 e. The third-order valence-electron chi connectivity index (χ3n) is 6.21. The lowest BCUT2D eigenvalue weighted by Crippen LogP contribution is -2.31. The van der Waals surface area contributed by atoms with Crippen molar-refractivity contribution in [3.8, 4) is 10.7 Å². The molecule has 5 rings (SSSR count). The van der Waals surface area contributed by atoms with Gasteiger partial charge >= 0.3 is 0 Å². The summed E-state index contributed by atoms with van der Waals surface area (Å²) >= 11 is 1.41. The van der Waals surface area contributed by atoms with Crippen molar-refractivity contribution in [2.24, 2.45) is 5.92 Å². The van der Waals surface area contributed by atoms with Crippen molar-refractivity contribution < 1.29 is 4.79 Å². The van der Waals surface area contributed by atoms with E-state index in [1.807, 2.05) is 48.8 Å². The zero-order valence-electron chi connectivity index (χ0n) is 18.3. The van der Waals surface area contributed by atoms with Crippen molar-refractivity contribution in [3.05, 3.63) is 64.7 Å². The molecule has 1 N–H and O–H groups in total. The zero-order chi connectivity index (χ0) is 22.1. The molecule has 4 heterocycles. The van der Waals surface area contributed by atoms with Gasteiger partial charge in [0.1, 0.15) is 9.88 Å². The topological polar surface area (TPSA) is 85.1 Å². The highest BCUT2D eigenvalue weighted by molar-refractivity contribution is 7.17. The van der Waals surface area contributed by atoms with Gasteiger partial charge in [-0.25, -0.2) is 14.5 Å². The second-order valence-electron chi connectivity index (χ2n) is 8.50. The predicted octanol–water partition coefficient (Wildman–Crippen LogP) is 4.57. The Labute approximate surface area is 191 Å². The van der Waals surface area contributed by atoms with Gasteiger partial charge < -0.3 is 5.32 Å². The molecule has 0 aromatic carbocycles. The van der Waals surface area contributed by atoms with Crippen LogP contribution in [0.15, 0.2) is 42.7 Å². The maximum atomic E-state index is 12.8. The Hall–Kier alpha value is -3.13. The Balaban J connectivity index is 1.18. The molecule has 0 radical (unpaired) electrons. The molecule has 1 aliphatic rings. The fourth-order valence-electron chi connectivity index (χ4n) is 4.52. The Morgan fingerprint density at radius 2 is 1.97 bits per heavy atom. The number of hydrogen-bond donors (Lipinski definition) is 1. The fourth-order valence-corrected chi connectivity index (χ4v) is 5.48. The number of nitrogens with zero attached hydrogens (tertiary/aromatic N) is 5. The molecule has 1 amide bonds. The Bertz CT molecular complexity index is 1240. The van der Waals surface area contributed by atoms with Crippen LogP contribution in [0, 0.1) is 19.8 Å². The quantitative estimate of drug-likeness (QED) is 0.485. The molecule has 1 fully saturated rings. The Morgan fingerprint density at radius 1 is 1.12 bits per heavy atom. The van der Waals surface area contributed by atoms with Crippen molar-refractivity contribution >= 4 is 22.9 Å². The van der Waals surface area contributed by atoms with Crippen LogP contribution < -0.4 is 5.32 Å². The number of rotatable bonds is 5. The van der Waals surface area contributed by atoms with E-state index in [4.69, 9.17) is 0 Å². The van der Waals surface area contributed by atoms with Crippen LogP contribution in [-0.4, -0.2) is 37.0 Å². The number of carbonyl (C=O) groups excluding carboxylic acids is 1. The van der Waals surface area contributed by atoms with Crippen molar-refractivity contribution in [1.29, 1.82) is 0 Å². The largest absolute Gasteiger partial charge is 0.351 e. The van der Waals surface area contributed by atoms with Crippen molar-refractivity contribution in [2.75, 3.05) is 6.54 Å². The molecule has 0 bridgehead atoms. The second kappa shape index (κ2) is 8.78. The van der Waals surface area contributed by atoms with Crippen LogP contribution >= 0.6 is 11.3 Å². The highest BCUT2D eigenvalue weighted by Gasteiger charge is 2.25. The molecule has 0 spiro atoms. The summed E-state index contributed by atoms with van der Waals surface area (Å²) in [6.45, 7) is 4.59. The molecule has 0 atom stereocenters. The summed E-state index contributed by atoms with van der Waals surface area (Å²) in [5.41, 5.74) is 4.71. The van der Waals surface area contributed by atoms with Gasteiger partial charge in [0.2, 0.25) is 0 Å². The molecule has 4 aromatic heterocycles. The maximum Gasteiger partial charge on any atom is 0.263 e. The summed E-state index contributed by atoms with van der Waals surface area (Å²) in [5.74, 6) is 0.943. The van der Waals surface area contributed by atoms with Crippen molar-refractivity contribution in [1.82, 2.24) is 29.9 Å². The molecule has 8 heteroatoms. The average Bonchev–Trinajstić information content (AvgIpc) is 3.40. The molecule has 4 aromatic rings. The van der Waals surface area contributed by atoms with Crippen LogP contribution in [0.1, 0.15) is 58.4 Å². The van der Waals surface area contributed by atoms with Gasteiger partial charge in [-0.05, 0) is 63.6 Å². The first-order valence-electron chi connectivity index (χ1n) is 11.1. The first kappa shape index (κ1) is 20.8. The molecule has 1 aliphatic carbocycles. The molecule has 0 aliphatic heterocycles. The van der Waals surface area contributed by atoms with E-state index in [0.29, 0.717) is 23.3 Å². The Kier molecular flexibility index (Phi) is 5.70. The molecule has 1 saturated carbocycles. The number of amides is 1. The number of carbonyl (C=O) groups is 1. The lowest BCUT2D eigenvalue weighted by molar-refractivity contribution is 0.0946. The first-order chi connectivity index (χ1) is 15.6. The number of thiazole rings is 1. The van der Waals surface area contributed by atoms with Gasteiger partial charge in [0.05, 0.1) is 17.1 Å². The number of aromatic nitrogens is 5. The summed E-state index contributed by atoms with van der Waals surface area (Å²) in [7, 11) is 0. The zero-order valence-corrected chi connectivity index (χ0v) is 19.1.